The third-order valence-corrected chi connectivity index (χ3v) is 21.8. The fourth-order valence-corrected chi connectivity index (χ4v) is 23.5. The summed E-state index contributed by atoms with van der Waals surface area (Å²) < 4.78 is 35.0. The summed E-state index contributed by atoms with van der Waals surface area (Å²) in [5.41, 5.74) is 0. The summed E-state index contributed by atoms with van der Waals surface area (Å²) in [5, 5.41) is 0. The van der Waals surface area contributed by atoms with Crippen LogP contribution in [0.15, 0.2) is 13.5 Å². The molecule has 5 radical (unpaired) electrons. The molecular weight excluding hydrogens is 519 g/mol. The normalized spacial score (nSPS) is 36.6. The predicted octanol–water partition coefficient (Wildman–Crippen LogP) is 5.87. The Morgan fingerprint density at radius 2 is 0.919 bits per heavy atom. The summed E-state index contributed by atoms with van der Waals surface area (Å²) in [6.07, 6.45) is 19.2. The second kappa shape index (κ2) is 10.7. The van der Waals surface area contributed by atoms with Gasteiger partial charge in [0.25, 0.3) is 0 Å². The molecule has 0 amide bonds. The van der Waals surface area contributed by atoms with Gasteiger partial charge in [-0.3, -0.25) is 0 Å². The smallest absolute Gasteiger partial charge is 0.221 e. The lowest BCUT2D eigenvalue weighted by atomic mass is 10.1. The molecule has 0 aromatic heterocycles. The van der Waals surface area contributed by atoms with Crippen LogP contribution in [0.1, 0.15) is 51.4 Å². The molecule has 12 heteroatoms. The van der Waals surface area contributed by atoms with Gasteiger partial charge in [0.05, 0.1) is 0 Å². The highest BCUT2D eigenvalue weighted by atomic mass is 31.3. The Hall–Kier alpha value is 0.450. The molecule has 0 aromatic rings. The van der Waals surface area contributed by atoms with Crippen molar-refractivity contribution in [2.45, 2.75) is 51.4 Å². The van der Waals surface area contributed by atoms with E-state index in [2.05, 4.69) is 60.8 Å². The first-order valence-corrected chi connectivity index (χ1v) is 19.6. The fraction of sp³-hybridized carbons (Fsp3) is 0.800. The van der Waals surface area contributed by atoms with E-state index in [-0.39, 0.29) is 0 Å². The molecule has 6 fully saturated rings. The third kappa shape index (κ3) is 4.46. The summed E-state index contributed by atoms with van der Waals surface area (Å²) in [6.45, 7) is 12.3. The number of nitrogens with zero attached hydrogens (tertiary/aromatic N) is 9. The average Bonchev–Trinajstić information content (AvgIpc) is 3.74. The van der Waals surface area contributed by atoms with Crippen molar-refractivity contribution in [1.29, 1.82) is 0 Å². The number of hydrogen-bond acceptors (Lipinski definition) is 9. The zero-order chi connectivity index (χ0) is 24.9. The van der Waals surface area contributed by atoms with E-state index >= 15 is 0 Å². The van der Waals surface area contributed by atoms with Crippen molar-refractivity contribution in [2.75, 3.05) is 79.0 Å². The molecule has 205 valence electrons. The van der Waals surface area contributed by atoms with Crippen LogP contribution in [0.25, 0.3) is 0 Å². The van der Waals surface area contributed by atoms with Crippen LogP contribution in [-0.4, -0.2) is 107 Å². The molecule has 7 rings (SSSR count). The van der Waals surface area contributed by atoms with Gasteiger partial charge < -0.3 is 0 Å². The number of likely N-dealkylation sites (N-methyl/N-ethyl adjacent to an activating group) is 1. The lowest BCUT2D eigenvalue weighted by Crippen LogP contribution is -2.34. The first-order chi connectivity index (χ1) is 18.1. The summed E-state index contributed by atoms with van der Waals surface area (Å²) in [4.78, 5) is 0. The van der Waals surface area contributed by atoms with Crippen molar-refractivity contribution in [2.24, 2.45) is 13.5 Å². The Balaban J connectivity index is 1.48. The van der Waals surface area contributed by atoms with E-state index in [1.807, 2.05) is 0 Å². The van der Waals surface area contributed by atoms with Gasteiger partial charge in [-0.2, -0.15) is 13.5 Å². The molecule has 0 bridgehead atoms. The highest BCUT2D eigenvalue weighted by molar-refractivity contribution is 7.83. The topological polar surface area (TPSA) is 56.5 Å². The molecule has 7 aliphatic rings. The minimum atomic E-state index is -2.28. The molecule has 0 N–H and O–H groups in total. The molecule has 6 aliphatic heterocycles. The Labute approximate surface area is 225 Å². The van der Waals surface area contributed by atoms with Gasteiger partial charge in [0.2, 0.25) is 22.5 Å². The first kappa shape index (κ1) is 26.4. The summed E-state index contributed by atoms with van der Waals surface area (Å²) >= 11 is 0. The number of hydrogen-bond donors (Lipinski definition) is 0. The number of rotatable bonds is 6. The Bertz CT molecular complexity index is 925. The van der Waals surface area contributed by atoms with Gasteiger partial charge in [-0.05, 0) is 90.0 Å². The Morgan fingerprint density at radius 3 is 1.35 bits per heavy atom. The highest BCUT2D eigenvalue weighted by Crippen LogP contribution is 2.84. The summed E-state index contributed by atoms with van der Waals surface area (Å²) in [5.74, 6) is 1.40. The lowest BCUT2D eigenvalue weighted by Gasteiger charge is -2.49. The van der Waals surface area contributed by atoms with Crippen molar-refractivity contribution in [1.82, 2.24) is 28.0 Å². The molecular formula is C25H45N9P3. The van der Waals surface area contributed by atoms with E-state index < -0.39 is 22.5 Å². The maximum Gasteiger partial charge on any atom is 0.221 e. The van der Waals surface area contributed by atoms with Gasteiger partial charge in [0.15, 0.2) is 0 Å². The lowest BCUT2D eigenvalue weighted by molar-refractivity contribution is 0.448. The maximum absolute atomic E-state index is 6.22. The van der Waals surface area contributed by atoms with Gasteiger partial charge in [0.1, 0.15) is 0 Å². The van der Waals surface area contributed by atoms with Crippen LogP contribution in [0, 0.1) is 31.6 Å². The molecule has 9 nitrogen and oxygen atoms in total. The van der Waals surface area contributed by atoms with Crippen LogP contribution in [-0.2, 0) is 0 Å². The molecule has 37 heavy (non-hydrogen) atoms. The van der Waals surface area contributed by atoms with Gasteiger partial charge in [-0.1, -0.05) is 0 Å². The molecule has 1 aliphatic carbocycles. The van der Waals surface area contributed by atoms with Crippen molar-refractivity contribution < 1.29 is 0 Å². The van der Waals surface area contributed by atoms with E-state index in [1.165, 1.54) is 57.3 Å². The van der Waals surface area contributed by atoms with E-state index in [0.717, 1.165) is 72.0 Å². The van der Waals surface area contributed by atoms with Crippen molar-refractivity contribution in [3.8, 4) is 0 Å². The van der Waals surface area contributed by atoms with Crippen LogP contribution in [0.3, 0.4) is 0 Å². The first-order valence-electron chi connectivity index (χ1n) is 14.8. The second-order valence-electron chi connectivity index (χ2n) is 11.6. The average molecular weight is 565 g/mol. The van der Waals surface area contributed by atoms with Crippen molar-refractivity contribution in [3.63, 3.8) is 0 Å². The van der Waals surface area contributed by atoms with Crippen LogP contribution >= 0.6 is 22.5 Å². The van der Waals surface area contributed by atoms with Gasteiger partial charge in [-0.25, -0.2) is 28.0 Å². The van der Waals surface area contributed by atoms with Gasteiger partial charge >= 0.3 is 0 Å². The monoisotopic (exact) mass is 564 g/mol. The summed E-state index contributed by atoms with van der Waals surface area (Å²) in [7, 11) is -4.42. The van der Waals surface area contributed by atoms with Crippen LogP contribution in [0.2, 0.25) is 0 Å². The third-order valence-electron chi connectivity index (χ3n) is 9.18. The molecule has 5 saturated heterocycles. The molecule has 1 saturated carbocycles. The van der Waals surface area contributed by atoms with E-state index in [1.54, 1.807) is 0 Å². The molecule has 6 heterocycles. The molecule has 0 aromatic carbocycles. The second-order valence-corrected chi connectivity index (χ2v) is 20.5. The Kier molecular flexibility index (Phi) is 7.62. The van der Waals surface area contributed by atoms with Crippen LogP contribution in [0.4, 0.5) is 0 Å². The maximum atomic E-state index is 6.22. The zero-order valence-corrected chi connectivity index (χ0v) is 25.3. The standard InChI is InChI=1S/C25H45N9P3/c1-29-22-23-34(24-25-12-2-3-13-25)35(29)26-36(30-14-4-5-15-30,31-16-6-7-17-31)28-37(27-35,32-18-8-9-19-32)33-20-10-11-21-33/h2-3,12-13H,4-11,14-24H2,1H3. The highest BCUT2D eigenvalue weighted by Gasteiger charge is 2.54. The van der Waals surface area contributed by atoms with E-state index in [0.29, 0.717) is 0 Å². The van der Waals surface area contributed by atoms with Gasteiger partial charge in [0, 0.05) is 72.0 Å². The predicted molar refractivity (Wildman–Crippen MR) is 156 cm³/mol. The van der Waals surface area contributed by atoms with E-state index in [9.17, 15) is 0 Å². The molecule has 1 unspecified atom stereocenters. The minimum absolute atomic E-state index is 0.956. The molecule has 1 spiro atoms. The van der Waals surface area contributed by atoms with Crippen molar-refractivity contribution >= 4 is 22.5 Å². The van der Waals surface area contributed by atoms with Gasteiger partial charge in [-0.15, -0.1) is 0 Å². The SMILES string of the molecule is CN1CCN(C[C]2[CH][CH][CH][CH]2)P12=NP(N1CCCC1)(N1CCCC1)=NP(N1CCCC1)(N1CCCC1)=N2. The molecule has 1 atom stereocenters. The van der Waals surface area contributed by atoms with E-state index in [4.69, 9.17) is 13.5 Å². The van der Waals surface area contributed by atoms with Crippen molar-refractivity contribution in [3.05, 3.63) is 31.6 Å². The van der Waals surface area contributed by atoms with Crippen LogP contribution < -0.4 is 0 Å². The van der Waals surface area contributed by atoms with Crippen LogP contribution in [0.5, 0.6) is 0 Å². The fourth-order valence-electron chi connectivity index (χ4n) is 7.12. The Morgan fingerprint density at radius 1 is 0.541 bits per heavy atom. The largest absolute Gasteiger partial charge is 0.241 e. The quantitative estimate of drug-likeness (QED) is 0.376. The zero-order valence-electron chi connectivity index (χ0n) is 22.6. The summed E-state index contributed by atoms with van der Waals surface area (Å²) in [6, 6.07) is 0. The minimum Gasteiger partial charge on any atom is -0.241 e.